The molecule has 0 N–H and O–H groups in total. The Balaban J connectivity index is 1.01. The summed E-state index contributed by atoms with van der Waals surface area (Å²) in [5, 5.41) is 14.3. The van der Waals surface area contributed by atoms with E-state index in [0.717, 1.165) is 76.0 Å². The number of nitrogens with zero attached hydrogens (tertiary/aromatic N) is 7. The van der Waals surface area contributed by atoms with Crippen LogP contribution in [0.5, 0.6) is 0 Å². The fourth-order valence-corrected chi connectivity index (χ4v) is 12.1. The molecular weight excluding hydrogens is 875 g/mol. The van der Waals surface area contributed by atoms with Crippen LogP contribution in [0.2, 0.25) is 0 Å². The van der Waals surface area contributed by atoms with E-state index in [2.05, 4.69) is 109 Å². The summed E-state index contributed by atoms with van der Waals surface area (Å²) >= 11 is 0. The molecule has 15 rings (SSSR count). The largest absolute Gasteiger partial charge is 0.403 e. The Kier molecular flexibility index (Phi) is 7.77. The van der Waals surface area contributed by atoms with Crippen LogP contribution >= 0.6 is 0 Å². The van der Waals surface area contributed by atoms with Crippen LogP contribution in [-0.2, 0) is 19.2 Å². The number of hydrogen-bond donors (Lipinski definition) is 0. The lowest BCUT2D eigenvalue weighted by molar-refractivity contribution is -0.146. The van der Waals surface area contributed by atoms with Crippen molar-refractivity contribution >= 4 is 101 Å². The van der Waals surface area contributed by atoms with Gasteiger partial charge in [-0.25, -0.2) is 4.90 Å². The molecule has 3 fully saturated rings. The summed E-state index contributed by atoms with van der Waals surface area (Å²) in [6.07, 6.45) is 0. The van der Waals surface area contributed by atoms with Gasteiger partial charge in [-0.05, 0) is 60.7 Å². The zero-order chi connectivity index (χ0) is 46.5. The molecule has 3 aliphatic rings. The van der Waals surface area contributed by atoms with Gasteiger partial charge in [0.05, 0.1) is 79.5 Å². The average Bonchev–Trinajstić information content (AvgIpc) is 4.22. The molecule has 2 aliphatic heterocycles. The van der Waals surface area contributed by atoms with Crippen LogP contribution in [-0.4, -0.2) is 47.5 Å². The van der Waals surface area contributed by atoms with Crippen molar-refractivity contribution in [3.8, 4) is 28.5 Å². The van der Waals surface area contributed by atoms with Crippen molar-refractivity contribution in [1.82, 2.24) is 23.9 Å². The third kappa shape index (κ3) is 4.98. The standard InChI is InChI=1S/C58H35N7O5/c66-54-48-49(51-50(48)56(68)65(57(51)69)58-60-59-53(70-58)32-16-2-1-3-17-32)55(67)64(54)52-46(62-42-26-12-6-20-36(42)37-21-7-13-27-43(37)62)30-33(61-40-24-10-4-18-34(40)35-19-5-11-25-41(35)61)31-47(52)63-44-28-14-8-22-38(44)39-23-9-15-29-45(39)63/h1-31,48-51H. The van der Waals surface area contributed by atoms with Gasteiger partial charge in [0.2, 0.25) is 29.5 Å². The number of aromatic nitrogens is 5. The summed E-state index contributed by atoms with van der Waals surface area (Å²) in [4.78, 5) is 62.6. The second-order valence-corrected chi connectivity index (χ2v) is 18.3. The van der Waals surface area contributed by atoms with Crippen molar-refractivity contribution in [3.05, 3.63) is 188 Å². The fourth-order valence-electron chi connectivity index (χ4n) is 12.1. The van der Waals surface area contributed by atoms with Crippen molar-refractivity contribution in [3.63, 3.8) is 0 Å². The van der Waals surface area contributed by atoms with Crippen molar-refractivity contribution in [2.75, 3.05) is 9.80 Å². The normalized spacial score (nSPS) is 18.9. The van der Waals surface area contributed by atoms with Crippen molar-refractivity contribution in [2.45, 2.75) is 0 Å². The first-order valence-electron chi connectivity index (χ1n) is 23.2. The topological polar surface area (TPSA) is 128 Å². The Labute approximate surface area is 396 Å². The molecule has 1 aliphatic carbocycles. The predicted molar refractivity (Wildman–Crippen MR) is 268 cm³/mol. The molecule has 0 radical (unpaired) electrons. The van der Waals surface area contributed by atoms with E-state index in [9.17, 15) is 9.59 Å². The van der Waals surface area contributed by atoms with Crippen LogP contribution in [0.25, 0.3) is 93.9 Å². The highest BCUT2D eigenvalue weighted by Crippen LogP contribution is 2.59. The van der Waals surface area contributed by atoms with Crippen LogP contribution < -0.4 is 9.80 Å². The molecule has 12 heteroatoms. The number of benzene rings is 8. The molecule has 2 saturated heterocycles. The molecule has 332 valence electrons. The summed E-state index contributed by atoms with van der Waals surface area (Å²) in [6.45, 7) is 0. The number of para-hydroxylation sites is 6. The van der Waals surface area contributed by atoms with Gasteiger partial charge in [-0.2, -0.15) is 4.90 Å². The SMILES string of the molecule is O=C1C2C(C(=O)N1c1nnc(-c3ccccc3)o1)C1C(=O)N(c3c(-n4c5ccccc5c5ccccc54)cc(-n4c5ccccc5c5ccccc54)cc3-n3c4ccccc4c4ccccc43)C(=O)C21. The molecule has 8 aromatic carbocycles. The minimum absolute atomic E-state index is 0.133. The Morgan fingerprint density at radius 3 is 1.07 bits per heavy atom. The lowest BCUT2D eigenvalue weighted by Crippen LogP contribution is -2.50. The van der Waals surface area contributed by atoms with Gasteiger partial charge in [0, 0.05) is 37.9 Å². The third-order valence-corrected chi connectivity index (χ3v) is 15.0. The number of fused-ring (bicyclic) bond motifs is 13. The monoisotopic (exact) mass is 909 g/mol. The molecule has 12 aromatic rings. The van der Waals surface area contributed by atoms with Gasteiger partial charge in [0.1, 0.15) is 0 Å². The van der Waals surface area contributed by atoms with Crippen LogP contribution in [0.15, 0.2) is 192 Å². The number of carbonyl (C=O) groups excluding carboxylic acids is 4. The number of rotatable bonds is 6. The molecule has 4 atom stereocenters. The van der Waals surface area contributed by atoms with Crippen LogP contribution in [0.1, 0.15) is 0 Å². The first kappa shape index (κ1) is 38.7. The van der Waals surface area contributed by atoms with E-state index < -0.39 is 47.3 Å². The van der Waals surface area contributed by atoms with Gasteiger partial charge >= 0.3 is 6.01 Å². The minimum Gasteiger partial charge on any atom is -0.403 e. The van der Waals surface area contributed by atoms with E-state index in [1.807, 2.05) is 91.0 Å². The number of carbonyl (C=O) groups is 4. The first-order valence-corrected chi connectivity index (χ1v) is 23.2. The molecule has 4 aromatic heterocycles. The first-order chi connectivity index (χ1) is 34.5. The van der Waals surface area contributed by atoms with Crippen LogP contribution in [0.3, 0.4) is 0 Å². The Hall–Kier alpha value is -9.42. The van der Waals surface area contributed by atoms with Crippen molar-refractivity contribution in [1.29, 1.82) is 0 Å². The van der Waals surface area contributed by atoms with E-state index >= 15 is 9.59 Å². The molecular formula is C58H35N7O5. The van der Waals surface area contributed by atoms with Crippen molar-refractivity contribution < 1.29 is 23.6 Å². The number of amides is 4. The molecule has 70 heavy (non-hydrogen) atoms. The summed E-state index contributed by atoms with van der Waals surface area (Å²) in [5.74, 6) is -6.68. The second-order valence-electron chi connectivity index (χ2n) is 18.3. The Bertz CT molecular complexity index is 3960. The zero-order valence-electron chi connectivity index (χ0n) is 36.9. The smallest absolute Gasteiger partial charge is 0.332 e. The van der Waals surface area contributed by atoms with Gasteiger partial charge in [0.25, 0.3) is 0 Å². The summed E-state index contributed by atoms with van der Waals surface area (Å²) < 4.78 is 12.5. The number of anilines is 2. The van der Waals surface area contributed by atoms with E-state index in [1.165, 1.54) is 4.90 Å². The summed E-state index contributed by atoms with van der Waals surface area (Å²) in [7, 11) is 0. The highest BCUT2D eigenvalue weighted by atomic mass is 16.4. The van der Waals surface area contributed by atoms with Gasteiger partial charge in [0.15, 0.2) is 0 Å². The predicted octanol–water partition coefficient (Wildman–Crippen LogP) is 11.0. The van der Waals surface area contributed by atoms with E-state index in [0.29, 0.717) is 22.6 Å². The average molecular weight is 910 g/mol. The molecule has 6 heterocycles. The summed E-state index contributed by atoms with van der Waals surface area (Å²) in [6, 6.07) is 62.1. The fraction of sp³-hybridized carbons (Fsp3) is 0.0690. The maximum Gasteiger partial charge on any atom is 0.332 e. The maximum atomic E-state index is 15.7. The van der Waals surface area contributed by atoms with Gasteiger partial charge in [-0.1, -0.05) is 132 Å². The number of imide groups is 2. The highest BCUT2D eigenvalue weighted by Gasteiger charge is 2.74. The molecule has 0 bridgehead atoms. The highest BCUT2D eigenvalue weighted by molar-refractivity contribution is 6.33. The van der Waals surface area contributed by atoms with E-state index in [4.69, 9.17) is 4.42 Å². The molecule has 12 nitrogen and oxygen atoms in total. The van der Waals surface area contributed by atoms with E-state index in [1.54, 1.807) is 12.1 Å². The van der Waals surface area contributed by atoms with Crippen LogP contribution in [0.4, 0.5) is 11.7 Å². The van der Waals surface area contributed by atoms with Crippen LogP contribution in [0, 0.1) is 23.7 Å². The molecule has 4 unspecified atom stereocenters. The van der Waals surface area contributed by atoms with Crippen molar-refractivity contribution in [2.24, 2.45) is 23.7 Å². The Morgan fingerprint density at radius 1 is 0.357 bits per heavy atom. The van der Waals surface area contributed by atoms with Gasteiger partial charge in [-0.15, -0.1) is 5.10 Å². The molecule has 0 spiro atoms. The van der Waals surface area contributed by atoms with Gasteiger partial charge in [-0.3, -0.25) is 19.2 Å². The van der Waals surface area contributed by atoms with Gasteiger partial charge < -0.3 is 18.1 Å². The molecule has 4 amide bonds. The number of hydrogen-bond acceptors (Lipinski definition) is 7. The lowest BCUT2D eigenvalue weighted by atomic mass is 9.59. The Morgan fingerprint density at radius 2 is 0.686 bits per heavy atom. The summed E-state index contributed by atoms with van der Waals surface area (Å²) in [5.41, 5.74) is 8.32. The third-order valence-electron chi connectivity index (χ3n) is 15.0. The minimum atomic E-state index is -1.11. The second kappa shape index (κ2) is 14.1. The quantitative estimate of drug-likeness (QED) is 0.152. The zero-order valence-corrected chi connectivity index (χ0v) is 36.9. The lowest BCUT2D eigenvalue weighted by Gasteiger charge is -2.36. The maximum absolute atomic E-state index is 15.7. The van der Waals surface area contributed by atoms with E-state index in [-0.39, 0.29) is 11.9 Å². The molecule has 1 saturated carbocycles.